The number of urea groups is 1. The lowest BCUT2D eigenvalue weighted by Gasteiger charge is -2.43. The fourth-order valence-corrected chi connectivity index (χ4v) is 5.73. The molecule has 7 heteroatoms. The first-order valence-corrected chi connectivity index (χ1v) is 13.7. The summed E-state index contributed by atoms with van der Waals surface area (Å²) in [4.78, 5) is 41.0. The summed E-state index contributed by atoms with van der Waals surface area (Å²) in [7, 11) is 0. The van der Waals surface area contributed by atoms with Crippen LogP contribution in [0.2, 0.25) is 0 Å². The average molecular weight is 513 g/mol. The normalized spacial score (nSPS) is 18.8. The first kappa shape index (κ1) is 25.8. The molecule has 3 amide bonds. The third-order valence-electron chi connectivity index (χ3n) is 7.70. The Bertz CT molecular complexity index is 1320. The second-order valence-electron chi connectivity index (χ2n) is 10.6. The van der Waals surface area contributed by atoms with Crippen molar-refractivity contribution < 1.29 is 9.59 Å². The predicted octanol–water partition coefficient (Wildman–Crippen LogP) is 4.57. The van der Waals surface area contributed by atoms with Crippen LogP contribution in [0.25, 0.3) is 0 Å². The highest BCUT2D eigenvalue weighted by atomic mass is 16.2. The summed E-state index contributed by atoms with van der Waals surface area (Å²) in [5, 5.41) is 6.03. The molecule has 3 heterocycles. The minimum atomic E-state index is -0.721. The van der Waals surface area contributed by atoms with Gasteiger partial charge in [-0.1, -0.05) is 61.9 Å². The predicted molar refractivity (Wildman–Crippen MR) is 149 cm³/mol. The van der Waals surface area contributed by atoms with Gasteiger partial charge in [0.1, 0.15) is 6.04 Å². The number of unbranched alkanes of at least 4 members (excludes halogenated alkanes) is 1. The largest absolute Gasteiger partial charge is 0.326 e. The molecule has 2 aliphatic rings. The average Bonchev–Trinajstić information content (AvgIpc) is 2.93. The Morgan fingerprint density at radius 1 is 0.921 bits per heavy atom. The van der Waals surface area contributed by atoms with Crippen LogP contribution in [0.3, 0.4) is 0 Å². The van der Waals surface area contributed by atoms with Gasteiger partial charge in [0.15, 0.2) is 0 Å². The van der Waals surface area contributed by atoms with Crippen molar-refractivity contribution in [2.75, 3.05) is 18.4 Å². The minimum absolute atomic E-state index is 0.0214. The maximum atomic E-state index is 13.5. The van der Waals surface area contributed by atoms with E-state index in [9.17, 15) is 14.4 Å². The van der Waals surface area contributed by atoms with Gasteiger partial charge in [-0.3, -0.25) is 9.59 Å². The van der Waals surface area contributed by atoms with Crippen LogP contribution >= 0.6 is 0 Å². The summed E-state index contributed by atoms with van der Waals surface area (Å²) >= 11 is 0. The van der Waals surface area contributed by atoms with E-state index in [0.29, 0.717) is 26.1 Å². The number of hydrogen-bond donors (Lipinski definition) is 2. The summed E-state index contributed by atoms with van der Waals surface area (Å²) in [6, 6.07) is 22.1. The number of piperidine rings is 1. The molecule has 1 aromatic heterocycles. The molecule has 2 aliphatic heterocycles. The molecule has 2 aromatic carbocycles. The van der Waals surface area contributed by atoms with Gasteiger partial charge in [0.05, 0.1) is 0 Å². The van der Waals surface area contributed by atoms with Crippen molar-refractivity contribution in [3.63, 3.8) is 0 Å². The fourth-order valence-electron chi connectivity index (χ4n) is 5.73. The Balaban J connectivity index is 1.29. The van der Waals surface area contributed by atoms with Crippen molar-refractivity contribution >= 4 is 17.6 Å². The zero-order chi connectivity index (χ0) is 26.5. The van der Waals surface area contributed by atoms with Crippen LogP contribution in [0, 0.1) is 5.92 Å². The van der Waals surface area contributed by atoms with E-state index < -0.39 is 6.04 Å². The van der Waals surface area contributed by atoms with Crippen LogP contribution in [0.4, 0.5) is 10.5 Å². The number of aromatic nitrogens is 1. The van der Waals surface area contributed by atoms with Crippen molar-refractivity contribution in [1.29, 1.82) is 0 Å². The lowest BCUT2D eigenvalue weighted by atomic mass is 9.83. The number of likely N-dealkylation sites (tertiary alicyclic amines) is 1. The Labute approximate surface area is 223 Å². The molecule has 38 heavy (non-hydrogen) atoms. The van der Waals surface area contributed by atoms with Crippen LogP contribution in [0.5, 0.6) is 0 Å². The van der Waals surface area contributed by atoms with Gasteiger partial charge in [-0.2, -0.15) is 0 Å². The Hall–Kier alpha value is -3.87. The highest BCUT2D eigenvalue weighted by Gasteiger charge is 2.37. The quantitative estimate of drug-likeness (QED) is 0.464. The number of anilines is 1. The molecule has 3 aromatic rings. The van der Waals surface area contributed by atoms with Gasteiger partial charge in [-0.15, -0.1) is 0 Å². The molecule has 3 atom stereocenters. The third-order valence-corrected chi connectivity index (χ3v) is 7.70. The molecule has 2 bridgehead atoms. The van der Waals surface area contributed by atoms with E-state index >= 15 is 0 Å². The van der Waals surface area contributed by atoms with Crippen molar-refractivity contribution in [3.8, 4) is 0 Å². The molecule has 3 unspecified atom stereocenters. The first-order chi connectivity index (χ1) is 18.5. The Morgan fingerprint density at radius 2 is 1.71 bits per heavy atom. The Kier molecular flexibility index (Phi) is 7.91. The van der Waals surface area contributed by atoms with Crippen molar-refractivity contribution in [3.05, 3.63) is 100.0 Å². The molecule has 1 fully saturated rings. The van der Waals surface area contributed by atoms with Gasteiger partial charge in [0.2, 0.25) is 5.91 Å². The lowest BCUT2D eigenvalue weighted by molar-refractivity contribution is -0.118. The summed E-state index contributed by atoms with van der Waals surface area (Å²) < 4.78 is 1.85. The van der Waals surface area contributed by atoms with Gasteiger partial charge in [0, 0.05) is 49.4 Å². The number of aryl methyl sites for hydroxylation is 1. The number of hydrogen-bond acceptors (Lipinski definition) is 3. The van der Waals surface area contributed by atoms with Crippen LogP contribution in [0.1, 0.15) is 48.9 Å². The number of carbonyl (C=O) groups excluding carboxylic acids is 2. The summed E-state index contributed by atoms with van der Waals surface area (Å²) in [6.07, 6.45) is 4.66. The van der Waals surface area contributed by atoms with E-state index in [1.54, 1.807) is 12.1 Å². The summed E-state index contributed by atoms with van der Waals surface area (Å²) in [5.41, 5.74) is 3.96. The van der Waals surface area contributed by atoms with E-state index in [4.69, 9.17) is 0 Å². The molecular weight excluding hydrogens is 476 g/mol. The minimum Gasteiger partial charge on any atom is -0.326 e. The number of benzene rings is 2. The van der Waals surface area contributed by atoms with Crippen molar-refractivity contribution in [1.82, 2.24) is 14.8 Å². The zero-order valence-electron chi connectivity index (χ0n) is 21.9. The maximum absolute atomic E-state index is 13.5. The van der Waals surface area contributed by atoms with Crippen LogP contribution in [-0.2, 0) is 24.2 Å². The van der Waals surface area contributed by atoms with Gasteiger partial charge >= 0.3 is 6.03 Å². The van der Waals surface area contributed by atoms with Gasteiger partial charge < -0.3 is 20.1 Å². The maximum Gasteiger partial charge on any atom is 0.318 e. The molecule has 0 saturated carbocycles. The Morgan fingerprint density at radius 3 is 2.47 bits per heavy atom. The second-order valence-corrected chi connectivity index (χ2v) is 10.6. The first-order valence-electron chi connectivity index (χ1n) is 13.7. The number of carbonyl (C=O) groups is 2. The number of nitrogens with zero attached hydrogens (tertiary/aromatic N) is 2. The number of pyridine rings is 1. The number of rotatable bonds is 8. The van der Waals surface area contributed by atoms with E-state index in [1.807, 2.05) is 70.1 Å². The van der Waals surface area contributed by atoms with E-state index in [0.717, 1.165) is 42.6 Å². The zero-order valence-corrected chi connectivity index (χ0v) is 21.9. The monoisotopic (exact) mass is 512 g/mol. The SMILES string of the molecule is CCCCc1ccc(NC(=O)C(Cc2ccccc2)NC(=O)N2CC3CC(C2)c2cccc(=O)n2C3)cc1. The van der Waals surface area contributed by atoms with Crippen molar-refractivity contribution in [2.24, 2.45) is 5.92 Å². The van der Waals surface area contributed by atoms with Crippen LogP contribution in [0.15, 0.2) is 77.6 Å². The van der Waals surface area contributed by atoms with Gasteiger partial charge in [-0.05, 0) is 54.5 Å². The van der Waals surface area contributed by atoms with Crippen LogP contribution < -0.4 is 16.2 Å². The van der Waals surface area contributed by atoms with Crippen molar-refractivity contribution in [2.45, 2.75) is 57.5 Å². The molecule has 5 rings (SSSR count). The molecule has 0 radical (unpaired) electrons. The number of fused-ring (bicyclic) bond motifs is 4. The smallest absolute Gasteiger partial charge is 0.318 e. The number of amides is 3. The standard InChI is InChI=1S/C31H36N4O3/c1-2-3-8-22-13-15-26(16-14-22)32-30(37)27(18-23-9-5-4-6-10-23)33-31(38)34-19-24-17-25(21-34)28-11-7-12-29(36)35(28)20-24/h4-7,9-16,24-25,27H,2-3,8,17-21H2,1H3,(H,32,37)(H,33,38). The molecule has 0 aliphatic carbocycles. The summed E-state index contributed by atoms with van der Waals surface area (Å²) in [5.74, 6) is 0.104. The van der Waals surface area contributed by atoms with E-state index in [2.05, 4.69) is 17.6 Å². The van der Waals surface area contributed by atoms with Gasteiger partial charge in [-0.25, -0.2) is 4.79 Å². The molecular formula is C31H36N4O3. The third kappa shape index (κ3) is 5.98. The fraction of sp³-hybridized carbons (Fsp3) is 0.387. The van der Waals surface area contributed by atoms with Gasteiger partial charge in [0.25, 0.3) is 5.56 Å². The summed E-state index contributed by atoms with van der Waals surface area (Å²) in [6.45, 7) is 3.90. The molecule has 7 nitrogen and oxygen atoms in total. The number of nitrogens with one attached hydrogen (secondary N) is 2. The van der Waals surface area contributed by atoms with E-state index in [1.165, 1.54) is 5.56 Å². The second kappa shape index (κ2) is 11.7. The lowest BCUT2D eigenvalue weighted by Crippen LogP contribution is -2.55. The highest BCUT2D eigenvalue weighted by Crippen LogP contribution is 2.35. The molecule has 2 N–H and O–H groups in total. The van der Waals surface area contributed by atoms with Crippen LogP contribution in [-0.4, -0.2) is 40.5 Å². The molecule has 0 spiro atoms. The van der Waals surface area contributed by atoms with E-state index in [-0.39, 0.29) is 29.3 Å². The highest BCUT2D eigenvalue weighted by molar-refractivity contribution is 5.97. The molecule has 1 saturated heterocycles. The topological polar surface area (TPSA) is 83.4 Å². The molecule has 198 valence electrons.